The third kappa shape index (κ3) is 2.82. The van der Waals surface area contributed by atoms with Crippen LogP contribution in [0.2, 0.25) is 0 Å². The number of halogens is 1. The van der Waals surface area contributed by atoms with Gasteiger partial charge in [-0.15, -0.1) is 4.72 Å². The van der Waals surface area contributed by atoms with E-state index in [1.807, 2.05) is 20.8 Å². The molecule has 3 atom stereocenters. The van der Waals surface area contributed by atoms with E-state index in [4.69, 9.17) is 4.74 Å². The molecule has 2 N–H and O–H groups in total. The quantitative estimate of drug-likeness (QED) is 0.743. The van der Waals surface area contributed by atoms with Crippen molar-refractivity contribution < 1.29 is 13.7 Å². The Morgan fingerprint density at radius 2 is 2.00 bits per heavy atom. The zero-order chi connectivity index (χ0) is 13.4. The van der Waals surface area contributed by atoms with E-state index in [9.17, 15) is 8.94 Å². The van der Waals surface area contributed by atoms with Crippen molar-refractivity contribution in [1.29, 1.82) is 0 Å². The van der Waals surface area contributed by atoms with Crippen LogP contribution >= 0.6 is 0 Å². The van der Waals surface area contributed by atoms with Crippen LogP contribution in [0.3, 0.4) is 0 Å². The molecule has 2 rings (SSSR count). The highest BCUT2D eigenvalue weighted by Gasteiger charge is 2.53. The Morgan fingerprint density at radius 1 is 1.39 bits per heavy atom. The van der Waals surface area contributed by atoms with E-state index in [1.165, 1.54) is 0 Å². The second kappa shape index (κ2) is 5.25. The number of ether oxygens (including phenoxy) is 1. The van der Waals surface area contributed by atoms with Gasteiger partial charge in [0.2, 0.25) is 6.36 Å². The summed E-state index contributed by atoms with van der Waals surface area (Å²) in [6.07, 6.45) is 0.383. The first-order valence-corrected chi connectivity index (χ1v) is 7.65. The number of hydrogen-bond donors (Lipinski definition) is 2. The van der Waals surface area contributed by atoms with Gasteiger partial charge in [0.25, 0.3) is 0 Å². The summed E-state index contributed by atoms with van der Waals surface area (Å²) in [4.78, 5) is 0. The summed E-state index contributed by atoms with van der Waals surface area (Å²) in [6, 6.07) is -0.459. The fourth-order valence-corrected chi connectivity index (χ4v) is 3.50. The minimum atomic E-state index is -1.35. The lowest BCUT2D eigenvalue weighted by molar-refractivity contribution is -0.00202. The highest BCUT2D eigenvalue weighted by atomic mass is 32.2. The van der Waals surface area contributed by atoms with E-state index in [1.54, 1.807) is 0 Å². The van der Waals surface area contributed by atoms with Gasteiger partial charge in [-0.3, -0.25) is 0 Å². The first kappa shape index (κ1) is 14.5. The monoisotopic (exact) mass is 278 g/mol. The van der Waals surface area contributed by atoms with E-state index >= 15 is 0 Å². The summed E-state index contributed by atoms with van der Waals surface area (Å²) < 4.78 is 33.8. The predicted molar refractivity (Wildman–Crippen MR) is 70.2 cm³/mol. The summed E-state index contributed by atoms with van der Waals surface area (Å²) in [5.74, 6) is 0. The topological polar surface area (TPSA) is 56.3 Å². The molecule has 0 bridgehead atoms. The van der Waals surface area contributed by atoms with Crippen LogP contribution in [-0.2, 0) is 16.1 Å². The van der Waals surface area contributed by atoms with Gasteiger partial charge in [0.15, 0.2) is 0 Å². The Labute approximate surface area is 111 Å². The minimum absolute atomic E-state index is 0.203. The molecule has 2 heterocycles. The van der Waals surface area contributed by atoms with Gasteiger partial charge in [-0.25, -0.2) is 4.39 Å². The van der Waals surface area contributed by atoms with E-state index in [0.717, 1.165) is 25.9 Å². The second-order valence-corrected chi connectivity index (χ2v) is 8.25. The number of piperidine rings is 1. The molecule has 2 aliphatic rings. The smallest absolute Gasteiger partial charge is 0.219 e. The molecule has 2 saturated heterocycles. The van der Waals surface area contributed by atoms with Gasteiger partial charge in [-0.1, -0.05) is 0 Å². The van der Waals surface area contributed by atoms with Crippen molar-refractivity contribution in [1.82, 2.24) is 10.0 Å². The lowest BCUT2D eigenvalue weighted by atomic mass is 9.75. The Hall–Kier alpha value is 0.120. The van der Waals surface area contributed by atoms with Gasteiger partial charge >= 0.3 is 0 Å². The maximum absolute atomic E-state index is 13.9. The molecule has 4 nitrogen and oxygen atoms in total. The van der Waals surface area contributed by atoms with Crippen LogP contribution in [0.4, 0.5) is 4.39 Å². The Kier molecular flexibility index (Phi) is 4.23. The Morgan fingerprint density at radius 3 is 2.56 bits per heavy atom. The molecule has 0 aromatic heterocycles. The summed E-state index contributed by atoms with van der Waals surface area (Å²) in [5, 5.41) is 3.27. The molecule has 1 spiro atoms. The molecule has 0 radical (unpaired) electrons. The fourth-order valence-electron chi connectivity index (χ4n) is 2.56. The zero-order valence-corrected chi connectivity index (χ0v) is 12.1. The average molecular weight is 278 g/mol. The number of rotatable bonds is 2. The van der Waals surface area contributed by atoms with E-state index in [-0.39, 0.29) is 5.41 Å². The molecule has 0 aromatic rings. The van der Waals surface area contributed by atoms with Crippen molar-refractivity contribution in [3.8, 4) is 0 Å². The molecule has 0 amide bonds. The SMILES string of the molecule is CC(C)(C)[S+]([O-])N[C@@H]1[C@@H](F)OCC12CCNCC2. The van der Waals surface area contributed by atoms with Crippen LogP contribution in [0.15, 0.2) is 0 Å². The normalized spacial score (nSPS) is 33.8. The molecule has 0 saturated carbocycles. The number of nitrogens with one attached hydrogen (secondary N) is 2. The summed E-state index contributed by atoms with van der Waals surface area (Å²) in [5.41, 5.74) is -0.203. The molecule has 2 fully saturated rings. The van der Waals surface area contributed by atoms with Gasteiger partial charge < -0.3 is 14.6 Å². The van der Waals surface area contributed by atoms with Crippen LogP contribution in [0.5, 0.6) is 0 Å². The van der Waals surface area contributed by atoms with Crippen LogP contribution in [0, 0.1) is 5.41 Å². The van der Waals surface area contributed by atoms with Gasteiger partial charge in [-0.2, -0.15) is 0 Å². The summed E-state index contributed by atoms with van der Waals surface area (Å²) in [7, 11) is 0. The predicted octanol–water partition coefficient (Wildman–Crippen LogP) is 1.10. The van der Waals surface area contributed by atoms with Gasteiger partial charge in [0.05, 0.1) is 6.61 Å². The van der Waals surface area contributed by atoms with Crippen LogP contribution in [0.25, 0.3) is 0 Å². The molecular formula is C12H23FN2O2S. The lowest BCUT2D eigenvalue weighted by Crippen LogP contribution is -2.56. The molecule has 1 unspecified atom stereocenters. The average Bonchev–Trinajstić information content (AvgIpc) is 2.58. The largest absolute Gasteiger partial charge is 0.598 e. The molecule has 18 heavy (non-hydrogen) atoms. The highest BCUT2D eigenvalue weighted by Crippen LogP contribution is 2.41. The van der Waals surface area contributed by atoms with Crippen molar-refractivity contribution in [3.05, 3.63) is 0 Å². The molecular weight excluding hydrogens is 255 g/mol. The first-order chi connectivity index (χ1) is 8.35. The standard InChI is InChI=1S/C12H23FN2O2S/c1-11(2,3)18(16)15-9-10(13)17-8-12(9)4-6-14-7-5-12/h9-10,14-15H,4-8H2,1-3H3/t9-,10+,18?/m1/s1. The lowest BCUT2D eigenvalue weighted by Gasteiger charge is -2.38. The highest BCUT2D eigenvalue weighted by molar-refractivity contribution is 7.90. The van der Waals surface area contributed by atoms with Gasteiger partial charge in [-0.05, 0) is 46.7 Å². The van der Waals surface area contributed by atoms with Crippen LogP contribution in [0.1, 0.15) is 33.6 Å². The molecule has 0 aromatic carbocycles. The van der Waals surface area contributed by atoms with Crippen LogP contribution in [-0.4, -0.2) is 41.4 Å². The van der Waals surface area contributed by atoms with Crippen molar-refractivity contribution in [2.45, 2.75) is 50.8 Å². The Balaban J connectivity index is 2.08. The van der Waals surface area contributed by atoms with E-state index in [2.05, 4.69) is 10.0 Å². The van der Waals surface area contributed by atoms with Gasteiger partial charge in [0, 0.05) is 16.8 Å². The zero-order valence-electron chi connectivity index (χ0n) is 11.3. The second-order valence-electron chi connectivity index (χ2n) is 6.25. The van der Waals surface area contributed by atoms with E-state index in [0.29, 0.717) is 6.61 Å². The molecule has 0 aliphatic carbocycles. The first-order valence-electron chi connectivity index (χ1n) is 6.50. The maximum atomic E-state index is 13.9. The van der Waals surface area contributed by atoms with Crippen LogP contribution < -0.4 is 10.0 Å². The summed E-state index contributed by atoms with van der Waals surface area (Å²) in [6.45, 7) is 7.82. The third-order valence-electron chi connectivity index (χ3n) is 3.84. The molecule has 106 valence electrons. The van der Waals surface area contributed by atoms with Crippen molar-refractivity contribution in [3.63, 3.8) is 0 Å². The Bertz CT molecular complexity index is 287. The van der Waals surface area contributed by atoms with E-state index < -0.39 is 28.5 Å². The van der Waals surface area contributed by atoms with Crippen molar-refractivity contribution in [2.75, 3.05) is 19.7 Å². The fraction of sp³-hybridized carbons (Fsp3) is 1.00. The maximum Gasteiger partial charge on any atom is 0.219 e. The third-order valence-corrected chi connectivity index (χ3v) is 5.42. The van der Waals surface area contributed by atoms with Crippen molar-refractivity contribution >= 4 is 11.4 Å². The molecule has 6 heteroatoms. The van der Waals surface area contributed by atoms with Crippen molar-refractivity contribution in [2.24, 2.45) is 5.41 Å². The minimum Gasteiger partial charge on any atom is -0.598 e. The number of alkyl halides is 1. The number of hydrogen-bond acceptors (Lipinski definition) is 4. The summed E-state index contributed by atoms with van der Waals surface area (Å²) >= 11 is -1.27. The van der Waals surface area contributed by atoms with Gasteiger partial charge in [0.1, 0.15) is 10.8 Å². The molecule has 2 aliphatic heterocycles.